The standard InChI is InChI=1S/C61H78N2O11/c1-30-37-10-6-5-8-31(37)11-13-38(30)42-22-36-21-35-9-7-17-58(35)25-34-24-55(2)51(40-16-19-70-45(40)23-41(44(65)27-64)32-12-14-39-33(20-32)15-18-63-29-62-26-43(39)63)72-54(69)52-61(55,73-52)56(3)47(34)59-28-71-53(68)49(58)60(36,59)74-57(42,4)48(59)46(66)50(56)67/h11,13,15-16,18-19,22,30-35,37-39,41-44,47-52,62,64-65,67H,5-10,12,14,17,20-21,23-29H2,1-4H3. The van der Waals surface area contributed by atoms with E-state index in [9.17, 15) is 20.1 Å². The number of ketones is 1. The second-order valence-electron chi connectivity index (χ2n) is 28.3. The number of rotatable bonds is 7. The summed E-state index contributed by atoms with van der Waals surface area (Å²) in [5.74, 6) is 0.192. The molecule has 7 saturated carbocycles. The molecule has 12 fully saturated rings. The van der Waals surface area contributed by atoms with Gasteiger partial charge in [0.15, 0.2) is 11.9 Å². The Kier molecular flexibility index (Phi) is 9.52. The Hall–Kier alpha value is -3.33. The van der Waals surface area contributed by atoms with Gasteiger partial charge in [-0.15, -0.1) is 0 Å². The van der Waals surface area contributed by atoms with E-state index in [1.807, 2.05) is 6.07 Å². The monoisotopic (exact) mass is 1010 g/mol. The van der Waals surface area contributed by atoms with Gasteiger partial charge in [-0.3, -0.25) is 14.9 Å². The molecule has 4 spiro atoms. The second kappa shape index (κ2) is 15.1. The number of aliphatic hydroxyl groups is 3. The maximum atomic E-state index is 16.5. The lowest BCUT2D eigenvalue weighted by atomic mass is 9.32. The van der Waals surface area contributed by atoms with E-state index in [-0.39, 0.29) is 60.5 Å². The number of carbonyl (C=O) groups excluding carboxylic acids is 3. The molecule has 5 saturated heterocycles. The van der Waals surface area contributed by atoms with Crippen LogP contribution in [-0.2, 0) is 39.8 Å². The number of aliphatic hydroxyl groups excluding tert-OH is 3. The molecule has 0 aromatic carbocycles. The molecule has 4 N–H and O–H groups in total. The van der Waals surface area contributed by atoms with Crippen LogP contribution in [0.5, 0.6) is 0 Å². The minimum Gasteiger partial charge on any atom is -0.469 e. The van der Waals surface area contributed by atoms with Crippen molar-refractivity contribution >= 4 is 17.7 Å². The van der Waals surface area contributed by atoms with Gasteiger partial charge in [-0.25, -0.2) is 4.79 Å². The SMILES string of the molecule is CC1C(C2C=C3CC4CCCC45CC4CC6(C)C(c7ccoc7CC(C(O)CO)C7CCC8C(C=CN9CNCC89)C7)OC(=O)C7OC76C6(C)C(O)C(=O)C7C2(C)OC32C5C(=O)OCC72C46)C=CC2CCCCC21. The average Bonchev–Trinajstić information content (AvgIpc) is 2.77. The van der Waals surface area contributed by atoms with Crippen molar-refractivity contribution < 1.29 is 53.1 Å². The molecule has 8 heterocycles. The van der Waals surface area contributed by atoms with Crippen molar-refractivity contribution in [2.24, 2.45) is 105 Å². The summed E-state index contributed by atoms with van der Waals surface area (Å²) in [4.78, 5) is 49.1. The lowest BCUT2D eigenvalue weighted by Gasteiger charge is -2.70. The van der Waals surface area contributed by atoms with Crippen molar-refractivity contribution in [3.05, 3.63) is 59.7 Å². The van der Waals surface area contributed by atoms with Crippen LogP contribution in [0.3, 0.4) is 0 Å². The highest BCUT2D eigenvalue weighted by atomic mass is 16.7. The molecule has 0 radical (unpaired) electrons. The van der Waals surface area contributed by atoms with Crippen LogP contribution in [0.1, 0.15) is 129 Å². The summed E-state index contributed by atoms with van der Waals surface area (Å²) in [5, 5.41) is 39.6. The topological polar surface area (TPSA) is 181 Å². The van der Waals surface area contributed by atoms with E-state index in [4.69, 9.17) is 23.4 Å². The van der Waals surface area contributed by atoms with Gasteiger partial charge >= 0.3 is 11.9 Å². The van der Waals surface area contributed by atoms with Crippen LogP contribution < -0.4 is 5.32 Å². The van der Waals surface area contributed by atoms with Gasteiger partial charge in [-0.05, 0) is 159 Å². The third-order valence-corrected chi connectivity index (χ3v) is 26.3. The number of ether oxygens (including phenoxy) is 4. The molecule has 1 aromatic heterocycles. The largest absolute Gasteiger partial charge is 0.469 e. The normalized spacial score (nSPS) is 56.0. The lowest BCUT2D eigenvalue weighted by molar-refractivity contribution is -0.281. The molecule has 74 heavy (non-hydrogen) atoms. The summed E-state index contributed by atoms with van der Waals surface area (Å²) in [5.41, 5.74) is -5.28. The number of Topliss-reactive ketones (excluding diaryl/α,β-unsaturated/α-hetero) is 1. The van der Waals surface area contributed by atoms with Gasteiger partial charge < -0.3 is 43.6 Å². The van der Waals surface area contributed by atoms with Crippen molar-refractivity contribution in [2.75, 3.05) is 26.4 Å². The maximum absolute atomic E-state index is 16.5. The number of fused-ring (bicyclic) bond motifs is 6. The highest BCUT2D eigenvalue weighted by molar-refractivity contribution is 5.94. The van der Waals surface area contributed by atoms with Gasteiger partial charge in [0.2, 0.25) is 0 Å². The molecular formula is C61H78N2O11. The van der Waals surface area contributed by atoms with Gasteiger partial charge in [-0.2, -0.15) is 0 Å². The number of carbonyl (C=O) groups is 3. The van der Waals surface area contributed by atoms with Crippen LogP contribution in [0.25, 0.3) is 0 Å². The molecule has 398 valence electrons. The van der Waals surface area contributed by atoms with Gasteiger partial charge in [0, 0.05) is 41.3 Å². The predicted molar refractivity (Wildman–Crippen MR) is 267 cm³/mol. The molecule has 7 aliphatic heterocycles. The zero-order valence-electron chi connectivity index (χ0n) is 43.8. The molecule has 1 aromatic rings. The fraction of sp³-hybridized carbons (Fsp3) is 0.787. The molecule has 13 nitrogen and oxygen atoms in total. The Balaban J connectivity index is 0.827. The van der Waals surface area contributed by atoms with E-state index < -0.39 is 86.6 Å². The molecular weight excluding hydrogens is 937 g/mol. The Labute approximate surface area is 435 Å². The average molecular weight is 1020 g/mol. The molecule has 8 aliphatic carbocycles. The molecule has 15 aliphatic rings. The Bertz CT molecular complexity index is 2720. The minimum atomic E-state index is -1.50. The molecule has 5 bridgehead atoms. The van der Waals surface area contributed by atoms with E-state index in [1.54, 1.807) is 6.26 Å². The minimum absolute atomic E-state index is 0.0313. The smallest absolute Gasteiger partial charge is 0.339 e. The fourth-order valence-corrected chi connectivity index (χ4v) is 23.9. The van der Waals surface area contributed by atoms with Gasteiger partial charge in [0.05, 0.1) is 48.5 Å². The first-order chi connectivity index (χ1) is 35.6. The number of nitrogens with zero attached hydrogens (tertiary/aromatic N) is 1. The number of allylic oxidation sites excluding steroid dienone is 3. The number of esters is 2. The summed E-state index contributed by atoms with van der Waals surface area (Å²) in [6, 6.07) is 2.38. The van der Waals surface area contributed by atoms with Crippen LogP contribution >= 0.6 is 0 Å². The zero-order valence-corrected chi connectivity index (χ0v) is 43.8. The fourth-order valence-electron chi connectivity index (χ4n) is 23.9. The quantitative estimate of drug-likeness (QED) is 0.125. The Morgan fingerprint density at radius 2 is 1.78 bits per heavy atom. The summed E-state index contributed by atoms with van der Waals surface area (Å²) < 4.78 is 35.3. The summed E-state index contributed by atoms with van der Waals surface area (Å²) in [6.45, 7) is 10.3. The summed E-state index contributed by atoms with van der Waals surface area (Å²) in [6.07, 6.45) is 22.5. The highest BCUT2D eigenvalue weighted by Crippen LogP contribution is 2.89. The van der Waals surface area contributed by atoms with Crippen LogP contribution in [0, 0.1) is 105 Å². The number of furan rings is 1. The predicted octanol–water partition coefficient (Wildman–Crippen LogP) is 6.99. The number of hydrogen-bond donors (Lipinski definition) is 4. The van der Waals surface area contributed by atoms with Crippen molar-refractivity contribution in [3.63, 3.8) is 0 Å². The molecule has 13 heteroatoms. The third kappa shape index (κ3) is 5.13. The van der Waals surface area contributed by atoms with E-state index in [1.165, 1.54) is 31.3 Å². The first-order valence-corrected chi connectivity index (χ1v) is 29.5. The summed E-state index contributed by atoms with van der Waals surface area (Å²) in [7, 11) is 0. The van der Waals surface area contributed by atoms with Crippen molar-refractivity contribution in [3.8, 4) is 0 Å². The summed E-state index contributed by atoms with van der Waals surface area (Å²) >= 11 is 0. The molecule has 0 amide bonds. The van der Waals surface area contributed by atoms with Crippen LogP contribution in [0.2, 0.25) is 0 Å². The van der Waals surface area contributed by atoms with E-state index in [0.717, 1.165) is 64.6 Å². The van der Waals surface area contributed by atoms with E-state index in [2.05, 4.69) is 68.4 Å². The second-order valence-corrected chi connectivity index (χ2v) is 28.3. The Morgan fingerprint density at radius 1 is 0.932 bits per heavy atom. The number of nitrogens with one attached hydrogen (secondary N) is 1. The number of cyclic esters (lactones) is 2. The van der Waals surface area contributed by atoms with Crippen molar-refractivity contribution in [1.82, 2.24) is 10.2 Å². The zero-order chi connectivity index (χ0) is 50.4. The Morgan fingerprint density at radius 3 is 2.64 bits per heavy atom. The highest BCUT2D eigenvalue weighted by Gasteiger charge is 2.97. The van der Waals surface area contributed by atoms with Crippen LogP contribution in [-0.4, -0.2) is 106 Å². The van der Waals surface area contributed by atoms with Crippen molar-refractivity contribution in [2.45, 2.75) is 165 Å². The van der Waals surface area contributed by atoms with Gasteiger partial charge in [-0.1, -0.05) is 64.3 Å². The third-order valence-electron chi connectivity index (χ3n) is 26.3. The maximum Gasteiger partial charge on any atom is 0.339 e. The molecule has 16 rings (SSSR count). The van der Waals surface area contributed by atoms with Crippen LogP contribution in [0.4, 0.5) is 0 Å². The van der Waals surface area contributed by atoms with Crippen LogP contribution in [0.15, 0.2) is 52.8 Å². The van der Waals surface area contributed by atoms with E-state index >= 15 is 9.59 Å². The molecule has 26 unspecified atom stereocenters. The van der Waals surface area contributed by atoms with E-state index in [0.29, 0.717) is 59.8 Å². The number of hydrogen-bond acceptors (Lipinski definition) is 13. The number of epoxide rings is 1. The molecule has 26 atom stereocenters. The van der Waals surface area contributed by atoms with Crippen molar-refractivity contribution in [1.29, 1.82) is 0 Å². The lowest BCUT2D eigenvalue weighted by Crippen LogP contribution is -2.80. The van der Waals surface area contributed by atoms with Gasteiger partial charge in [0.1, 0.15) is 35.8 Å². The first-order valence-electron chi connectivity index (χ1n) is 29.5. The van der Waals surface area contributed by atoms with Gasteiger partial charge in [0.25, 0.3) is 0 Å². The first kappa shape index (κ1) is 46.7.